The molecule has 5 amide bonds. The van der Waals surface area contributed by atoms with Crippen molar-refractivity contribution in [2.45, 2.75) is 83.1 Å². The summed E-state index contributed by atoms with van der Waals surface area (Å²) in [4.78, 5) is 74.6. The number of carbonyl (C=O) groups excluding carboxylic acids is 5. The molecular formula is C43H44ClN7O5. The van der Waals surface area contributed by atoms with Crippen LogP contribution in [0.5, 0.6) is 0 Å². The van der Waals surface area contributed by atoms with Crippen molar-refractivity contribution in [2.75, 3.05) is 42.5 Å². The van der Waals surface area contributed by atoms with Crippen molar-refractivity contribution in [3.63, 3.8) is 0 Å². The number of amides is 5. The predicted molar refractivity (Wildman–Crippen MR) is 209 cm³/mol. The molecule has 3 aromatic carbocycles. The van der Waals surface area contributed by atoms with Gasteiger partial charge < -0.3 is 14.7 Å². The molecule has 4 fully saturated rings. The van der Waals surface area contributed by atoms with E-state index in [-0.39, 0.29) is 30.1 Å². The van der Waals surface area contributed by atoms with E-state index >= 15 is 0 Å². The van der Waals surface area contributed by atoms with Crippen LogP contribution in [-0.2, 0) is 22.7 Å². The van der Waals surface area contributed by atoms with Crippen molar-refractivity contribution in [1.29, 1.82) is 5.26 Å². The number of benzene rings is 3. The molecule has 6 aliphatic rings. The maximum absolute atomic E-state index is 13.6. The monoisotopic (exact) mass is 773 g/mol. The van der Waals surface area contributed by atoms with E-state index in [2.05, 4.69) is 45.1 Å². The third-order valence-electron chi connectivity index (χ3n) is 13.2. The zero-order valence-electron chi connectivity index (χ0n) is 31.4. The molecule has 3 aromatic rings. The van der Waals surface area contributed by atoms with Gasteiger partial charge in [-0.3, -0.25) is 39.1 Å². The molecule has 0 bridgehead atoms. The van der Waals surface area contributed by atoms with Gasteiger partial charge in [-0.05, 0) is 117 Å². The molecule has 1 spiro atoms. The molecule has 12 nitrogen and oxygen atoms in total. The Bertz CT molecular complexity index is 2160. The first-order valence-corrected chi connectivity index (χ1v) is 20.1. The van der Waals surface area contributed by atoms with E-state index < -0.39 is 23.8 Å². The maximum Gasteiger partial charge on any atom is 0.262 e. The fourth-order valence-electron chi connectivity index (χ4n) is 10.1. The first-order chi connectivity index (χ1) is 27.0. The van der Waals surface area contributed by atoms with E-state index in [9.17, 15) is 29.2 Å². The third kappa shape index (κ3) is 6.31. The highest BCUT2D eigenvalue weighted by Gasteiger charge is 2.47. The van der Waals surface area contributed by atoms with Crippen LogP contribution in [0.25, 0.3) is 0 Å². The summed E-state index contributed by atoms with van der Waals surface area (Å²) in [5.41, 5.74) is 6.26. The van der Waals surface area contributed by atoms with Gasteiger partial charge in [0.25, 0.3) is 17.7 Å². The highest BCUT2D eigenvalue weighted by atomic mass is 35.5. The molecule has 56 heavy (non-hydrogen) atoms. The largest absolute Gasteiger partial charge is 0.371 e. The van der Waals surface area contributed by atoms with Crippen LogP contribution in [0.2, 0.25) is 5.02 Å². The van der Waals surface area contributed by atoms with Crippen molar-refractivity contribution in [3.8, 4) is 6.07 Å². The molecule has 13 heteroatoms. The van der Waals surface area contributed by atoms with Crippen LogP contribution in [0, 0.1) is 16.7 Å². The minimum absolute atomic E-state index is 0.0820. The Morgan fingerprint density at radius 3 is 2.11 bits per heavy atom. The van der Waals surface area contributed by atoms with E-state index in [1.165, 1.54) is 0 Å². The minimum Gasteiger partial charge on any atom is -0.371 e. The third-order valence-corrected chi connectivity index (χ3v) is 13.6. The molecule has 0 saturated carbocycles. The summed E-state index contributed by atoms with van der Waals surface area (Å²) in [6.07, 6.45) is 5.17. The molecule has 6 aliphatic heterocycles. The second-order valence-electron chi connectivity index (χ2n) is 16.5. The number of halogens is 1. The van der Waals surface area contributed by atoms with Gasteiger partial charge in [0.15, 0.2) is 0 Å². The molecule has 0 aromatic heterocycles. The topological polar surface area (TPSA) is 137 Å². The molecular weight excluding hydrogens is 730 g/mol. The van der Waals surface area contributed by atoms with Gasteiger partial charge in [-0.15, -0.1) is 0 Å². The first-order valence-electron chi connectivity index (χ1n) is 19.7. The Morgan fingerprint density at radius 2 is 1.50 bits per heavy atom. The quantitative estimate of drug-likeness (QED) is 0.351. The number of hydrogen-bond acceptors (Lipinski definition) is 9. The second-order valence-corrected chi connectivity index (χ2v) is 16.9. The number of imide groups is 2. The summed E-state index contributed by atoms with van der Waals surface area (Å²) in [5.74, 6) is -1.84. The smallest absolute Gasteiger partial charge is 0.262 e. The van der Waals surface area contributed by atoms with Crippen LogP contribution in [0.4, 0.5) is 11.4 Å². The summed E-state index contributed by atoms with van der Waals surface area (Å²) in [6, 6.07) is 19.3. The minimum atomic E-state index is -0.964. The fourth-order valence-corrected chi connectivity index (χ4v) is 10.3. The normalized spacial score (nSPS) is 23.8. The van der Waals surface area contributed by atoms with Crippen molar-refractivity contribution in [3.05, 3.63) is 93.0 Å². The molecule has 6 heterocycles. The lowest BCUT2D eigenvalue weighted by atomic mass is 9.76. The Kier molecular flexibility index (Phi) is 9.13. The zero-order chi connectivity index (χ0) is 38.9. The van der Waals surface area contributed by atoms with E-state index in [0.717, 1.165) is 92.2 Å². The molecule has 4 saturated heterocycles. The summed E-state index contributed by atoms with van der Waals surface area (Å²) in [5, 5.41) is 12.0. The standard InChI is InChI=1S/C43H44ClN7O5/c1-26-21-43(25-50(26)33-7-4-28(22-45)36(44)20-33)12-16-48(17-13-43)40(54)27-2-5-31(6-3-27)47-14-10-32(11-15-47)49-23-29-18-34-35(19-30(29)24-49)42(56)51(41(34)55)37-8-9-38(52)46-39(37)53/h2-7,18-20,26,32,37H,8-17,21,23-25H2,1H3,(H,46,52,53)/t26-,37?/m0/s1. The number of likely N-dealkylation sites (tertiary alicyclic amines) is 1. The van der Waals surface area contributed by atoms with Gasteiger partial charge in [0.05, 0.1) is 21.7 Å². The lowest BCUT2D eigenvalue weighted by Crippen LogP contribution is -2.54. The van der Waals surface area contributed by atoms with Crippen LogP contribution in [0.1, 0.15) is 99.6 Å². The summed E-state index contributed by atoms with van der Waals surface area (Å²) in [7, 11) is 0. The van der Waals surface area contributed by atoms with Crippen molar-refractivity contribution >= 4 is 52.5 Å². The van der Waals surface area contributed by atoms with Crippen molar-refractivity contribution in [1.82, 2.24) is 20.0 Å². The first kappa shape index (κ1) is 36.4. The van der Waals surface area contributed by atoms with E-state index in [1.807, 2.05) is 41.3 Å². The van der Waals surface area contributed by atoms with E-state index in [0.29, 0.717) is 52.4 Å². The van der Waals surface area contributed by atoms with Crippen LogP contribution < -0.4 is 15.1 Å². The van der Waals surface area contributed by atoms with Crippen molar-refractivity contribution in [2.24, 2.45) is 5.41 Å². The number of nitrogens with zero attached hydrogens (tertiary/aromatic N) is 6. The second kappa shape index (κ2) is 14.0. The fraction of sp³-hybridized carbons (Fsp3) is 0.442. The summed E-state index contributed by atoms with van der Waals surface area (Å²) in [6.45, 7) is 7.81. The number of nitriles is 1. The molecule has 0 radical (unpaired) electrons. The van der Waals surface area contributed by atoms with Gasteiger partial charge in [0.2, 0.25) is 11.8 Å². The number of carbonyl (C=O) groups is 5. The highest BCUT2D eigenvalue weighted by Crippen LogP contribution is 2.45. The molecule has 9 rings (SSSR count). The lowest BCUT2D eigenvalue weighted by Gasteiger charge is -2.39. The van der Waals surface area contributed by atoms with Gasteiger partial charge in [-0.2, -0.15) is 5.26 Å². The maximum atomic E-state index is 13.6. The SMILES string of the molecule is C[C@H]1CC2(CCN(C(=O)c3ccc(N4CCC(N5Cc6cc7c(cc6C5)C(=O)N(C5CCC(=O)NC5=O)C7=O)CC4)cc3)CC2)CN1c1ccc(C#N)c(Cl)c1. The number of piperidine rings is 3. The van der Waals surface area contributed by atoms with Crippen LogP contribution in [0.3, 0.4) is 0 Å². The van der Waals surface area contributed by atoms with Crippen molar-refractivity contribution < 1.29 is 24.0 Å². The van der Waals surface area contributed by atoms with E-state index in [4.69, 9.17) is 11.6 Å². The van der Waals surface area contributed by atoms with Crippen LogP contribution in [-0.4, -0.2) is 95.1 Å². The van der Waals surface area contributed by atoms with Gasteiger partial charge in [0, 0.05) is 81.3 Å². The average Bonchev–Trinajstić information content (AvgIpc) is 3.84. The van der Waals surface area contributed by atoms with Crippen LogP contribution in [0.15, 0.2) is 54.6 Å². The highest BCUT2D eigenvalue weighted by molar-refractivity contribution is 6.32. The number of nitrogens with one attached hydrogen (secondary N) is 1. The van der Waals surface area contributed by atoms with Crippen LogP contribution >= 0.6 is 11.6 Å². The molecule has 1 N–H and O–H groups in total. The van der Waals surface area contributed by atoms with E-state index in [1.54, 1.807) is 6.07 Å². The molecule has 0 aliphatic carbocycles. The zero-order valence-corrected chi connectivity index (χ0v) is 32.2. The molecule has 288 valence electrons. The number of fused-ring (bicyclic) bond motifs is 2. The van der Waals surface area contributed by atoms with Gasteiger partial charge in [0.1, 0.15) is 12.1 Å². The Balaban J connectivity index is 0.767. The Morgan fingerprint density at radius 1 is 0.857 bits per heavy atom. The Hall–Kier alpha value is -5.25. The average molecular weight is 774 g/mol. The molecule has 1 unspecified atom stereocenters. The number of rotatable bonds is 5. The summed E-state index contributed by atoms with van der Waals surface area (Å²) < 4.78 is 0. The Labute approximate surface area is 330 Å². The van der Waals surface area contributed by atoms with Gasteiger partial charge in [-0.1, -0.05) is 11.6 Å². The lowest BCUT2D eigenvalue weighted by molar-refractivity contribution is -0.136. The number of hydrogen-bond donors (Lipinski definition) is 1. The van der Waals surface area contributed by atoms with Gasteiger partial charge in [-0.25, -0.2) is 0 Å². The van der Waals surface area contributed by atoms with Gasteiger partial charge >= 0.3 is 0 Å². The predicted octanol–water partition coefficient (Wildman–Crippen LogP) is 5.12. The molecule has 2 atom stereocenters. The number of anilines is 2. The summed E-state index contributed by atoms with van der Waals surface area (Å²) >= 11 is 6.36.